The van der Waals surface area contributed by atoms with E-state index in [-0.39, 0.29) is 5.97 Å². The van der Waals surface area contributed by atoms with Crippen molar-refractivity contribution in [2.75, 3.05) is 6.54 Å². The molecular weight excluding hydrogens is 258 g/mol. The van der Waals surface area contributed by atoms with E-state index in [1.54, 1.807) is 6.07 Å². The standard InChI is InChI=1S/C11H12BrNO2/c1-11(6-13)5-7-2-3-8(12)4-9(7)10(14)15-11/h2-4H,5-6,13H2,1H3. The van der Waals surface area contributed by atoms with Crippen LogP contribution in [0, 0.1) is 0 Å². The van der Waals surface area contributed by atoms with Gasteiger partial charge in [0.2, 0.25) is 0 Å². The third kappa shape index (κ3) is 1.92. The lowest BCUT2D eigenvalue weighted by atomic mass is 9.90. The number of cyclic esters (lactones) is 1. The number of hydrogen-bond donors (Lipinski definition) is 1. The zero-order valence-electron chi connectivity index (χ0n) is 8.42. The van der Waals surface area contributed by atoms with Crippen LogP contribution >= 0.6 is 15.9 Å². The summed E-state index contributed by atoms with van der Waals surface area (Å²) in [6, 6.07) is 5.65. The highest BCUT2D eigenvalue weighted by Crippen LogP contribution is 2.29. The molecule has 1 aliphatic heterocycles. The van der Waals surface area contributed by atoms with Crippen molar-refractivity contribution in [3.63, 3.8) is 0 Å². The number of rotatable bonds is 1. The number of benzene rings is 1. The highest BCUT2D eigenvalue weighted by molar-refractivity contribution is 9.10. The first-order chi connectivity index (χ1) is 7.04. The van der Waals surface area contributed by atoms with Crippen LogP contribution in [0.1, 0.15) is 22.8 Å². The molecule has 0 radical (unpaired) electrons. The topological polar surface area (TPSA) is 52.3 Å². The molecule has 0 amide bonds. The Kier molecular flexibility index (Phi) is 2.56. The fourth-order valence-corrected chi connectivity index (χ4v) is 2.09. The van der Waals surface area contributed by atoms with Crippen molar-refractivity contribution >= 4 is 21.9 Å². The van der Waals surface area contributed by atoms with Gasteiger partial charge in [0.1, 0.15) is 5.60 Å². The van der Waals surface area contributed by atoms with Crippen LogP contribution in [0.5, 0.6) is 0 Å². The maximum atomic E-state index is 11.7. The number of fused-ring (bicyclic) bond motifs is 1. The van der Waals surface area contributed by atoms with Gasteiger partial charge in [0.05, 0.1) is 5.56 Å². The molecular formula is C11H12BrNO2. The summed E-state index contributed by atoms with van der Waals surface area (Å²) in [4.78, 5) is 11.7. The van der Waals surface area contributed by atoms with Gasteiger partial charge in [-0.2, -0.15) is 0 Å². The van der Waals surface area contributed by atoms with Crippen molar-refractivity contribution in [1.29, 1.82) is 0 Å². The highest BCUT2D eigenvalue weighted by atomic mass is 79.9. The fourth-order valence-electron chi connectivity index (χ4n) is 1.72. The van der Waals surface area contributed by atoms with Crippen LogP contribution in [0.2, 0.25) is 0 Å². The lowest BCUT2D eigenvalue weighted by molar-refractivity contribution is -0.0110. The van der Waals surface area contributed by atoms with E-state index in [9.17, 15) is 4.79 Å². The maximum Gasteiger partial charge on any atom is 0.339 e. The van der Waals surface area contributed by atoms with Crippen molar-refractivity contribution < 1.29 is 9.53 Å². The van der Waals surface area contributed by atoms with Crippen molar-refractivity contribution in [1.82, 2.24) is 0 Å². The Balaban J connectivity index is 2.45. The van der Waals surface area contributed by atoms with Crippen LogP contribution in [0.4, 0.5) is 0 Å². The van der Waals surface area contributed by atoms with Crippen LogP contribution in [0.25, 0.3) is 0 Å². The summed E-state index contributed by atoms with van der Waals surface area (Å²) in [5.74, 6) is -0.287. The van der Waals surface area contributed by atoms with E-state index in [1.165, 1.54) is 0 Å². The van der Waals surface area contributed by atoms with E-state index in [1.807, 2.05) is 19.1 Å². The Hall–Kier alpha value is -0.870. The predicted molar refractivity (Wildman–Crippen MR) is 60.7 cm³/mol. The van der Waals surface area contributed by atoms with Gasteiger partial charge >= 0.3 is 5.97 Å². The van der Waals surface area contributed by atoms with Gasteiger partial charge in [-0.25, -0.2) is 4.79 Å². The molecule has 1 aromatic rings. The van der Waals surface area contributed by atoms with Crippen molar-refractivity contribution in [3.8, 4) is 0 Å². The molecule has 1 atom stereocenters. The Morgan fingerprint density at radius 2 is 2.33 bits per heavy atom. The van der Waals surface area contributed by atoms with Crippen LogP contribution in [0.3, 0.4) is 0 Å². The second-order valence-electron chi connectivity index (χ2n) is 4.02. The minimum absolute atomic E-state index is 0.287. The molecule has 1 aliphatic rings. The molecule has 0 saturated heterocycles. The summed E-state index contributed by atoms with van der Waals surface area (Å²) >= 11 is 3.33. The van der Waals surface area contributed by atoms with Gasteiger partial charge in [0, 0.05) is 17.4 Å². The number of hydrogen-bond acceptors (Lipinski definition) is 3. The molecule has 0 bridgehead atoms. The first-order valence-corrected chi connectivity index (χ1v) is 5.55. The molecule has 0 spiro atoms. The highest BCUT2D eigenvalue weighted by Gasteiger charge is 2.35. The molecule has 0 aliphatic carbocycles. The second-order valence-corrected chi connectivity index (χ2v) is 4.94. The van der Waals surface area contributed by atoms with Crippen LogP contribution in [-0.4, -0.2) is 18.1 Å². The minimum Gasteiger partial charge on any atom is -0.454 e. The number of carbonyl (C=O) groups excluding carboxylic acids is 1. The monoisotopic (exact) mass is 269 g/mol. The summed E-state index contributed by atoms with van der Waals surface area (Å²) < 4.78 is 6.20. The molecule has 3 nitrogen and oxygen atoms in total. The van der Waals surface area contributed by atoms with E-state index in [4.69, 9.17) is 10.5 Å². The lowest BCUT2D eigenvalue weighted by Gasteiger charge is -2.33. The Morgan fingerprint density at radius 1 is 1.60 bits per heavy atom. The SMILES string of the molecule is CC1(CN)Cc2ccc(Br)cc2C(=O)O1. The molecule has 2 N–H and O–H groups in total. The van der Waals surface area contributed by atoms with Crippen molar-refractivity contribution in [2.45, 2.75) is 18.9 Å². The molecule has 0 saturated carbocycles. The Labute approximate surface area is 96.7 Å². The largest absolute Gasteiger partial charge is 0.454 e. The minimum atomic E-state index is -0.558. The third-order valence-corrected chi connectivity index (χ3v) is 3.12. The summed E-state index contributed by atoms with van der Waals surface area (Å²) in [6.07, 6.45) is 0.678. The van der Waals surface area contributed by atoms with E-state index >= 15 is 0 Å². The molecule has 0 aromatic heterocycles. The maximum absolute atomic E-state index is 11.7. The zero-order valence-corrected chi connectivity index (χ0v) is 10.0. The molecule has 0 fully saturated rings. The second kappa shape index (κ2) is 3.61. The molecule has 4 heteroatoms. The van der Waals surface area contributed by atoms with Gasteiger partial charge in [0.25, 0.3) is 0 Å². The molecule has 15 heavy (non-hydrogen) atoms. The van der Waals surface area contributed by atoms with Gasteiger partial charge in [-0.15, -0.1) is 0 Å². The summed E-state index contributed by atoms with van der Waals surface area (Å²) in [6.45, 7) is 2.20. The average Bonchev–Trinajstić information content (AvgIpc) is 2.20. The van der Waals surface area contributed by atoms with E-state index in [0.717, 1.165) is 10.0 Å². The smallest absolute Gasteiger partial charge is 0.339 e. The van der Waals surface area contributed by atoms with Crippen LogP contribution < -0.4 is 5.73 Å². The summed E-state index contributed by atoms with van der Waals surface area (Å²) in [5.41, 5.74) is 6.68. The van der Waals surface area contributed by atoms with Crippen LogP contribution in [0.15, 0.2) is 22.7 Å². The average molecular weight is 270 g/mol. The normalized spacial score (nSPS) is 24.6. The number of esters is 1. The summed E-state index contributed by atoms with van der Waals surface area (Å²) in [7, 11) is 0. The molecule has 2 rings (SSSR count). The summed E-state index contributed by atoms with van der Waals surface area (Å²) in [5, 5.41) is 0. The quantitative estimate of drug-likeness (QED) is 0.793. The first kappa shape index (κ1) is 10.6. The van der Waals surface area contributed by atoms with E-state index in [2.05, 4.69) is 15.9 Å². The van der Waals surface area contributed by atoms with Gasteiger partial charge < -0.3 is 10.5 Å². The van der Waals surface area contributed by atoms with Gasteiger partial charge in [-0.05, 0) is 24.6 Å². The van der Waals surface area contributed by atoms with Gasteiger partial charge in [-0.1, -0.05) is 22.0 Å². The number of ether oxygens (including phenoxy) is 1. The van der Waals surface area contributed by atoms with Gasteiger partial charge in [-0.3, -0.25) is 0 Å². The third-order valence-electron chi connectivity index (χ3n) is 2.63. The fraction of sp³-hybridized carbons (Fsp3) is 0.364. The van der Waals surface area contributed by atoms with Gasteiger partial charge in [0.15, 0.2) is 0 Å². The molecule has 80 valence electrons. The van der Waals surface area contributed by atoms with Crippen LogP contribution in [-0.2, 0) is 11.2 Å². The zero-order chi connectivity index (χ0) is 11.1. The molecule has 1 heterocycles. The Morgan fingerprint density at radius 3 is 3.00 bits per heavy atom. The van der Waals surface area contributed by atoms with E-state index < -0.39 is 5.60 Å². The number of halogens is 1. The molecule has 1 unspecified atom stereocenters. The molecule has 1 aromatic carbocycles. The lowest BCUT2D eigenvalue weighted by Crippen LogP contribution is -2.45. The number of nitrogens with two attached hydrogens (primary N) is 1. The Bertz CT molecular complexity index is 419. The predicted octanol–water partition coefficient (Wildman–Crippen LogP) is 1.88. The first-order valence-electron chi connectivity index (χ1n) is 4.76. The van der Waals surface area contributed by atoms with Crippen molar-refractivity contribution in [2.24, 2.45) is 5.73 Å². The van der Waals surface area contributed by atoms with Crippen molar-refractivity contribution in [3.05, 3.63) is 33.8 Å². The van der Waals surface area contributed by atoms with E-state index in [0.29, 0.717) is 18.5 Å². The number of carbonyl (C=O) groups is 1.